The quantitative estimate of drug-likeness (QED) is 0.795. The SMILES string of the molecule is COc1ccc(N2CN(C)C(=O)C23CCN(C(=O)OC(C)(C)C)CC3)cc1. The van der Waals surface area contributed by atoms with E-state index in [4.69, 9.17) is 9.47 Å². The number of nitrogens with zero attached hydrogens (tertiary/aromatic N) is 3. The molecule has 0 aliphatic carbocycles. The van der Waals surface area contributed by atoms with E-state index in [1.54, 1.807) is 16.9 Å². The number of rotatable bonds is 2. The molecule has 2 aliphatic heterocycles. The lowest BCUT2D eigenvalue weighted by Crippen LogP contribution is -2.57. The molecule has 2 saturated heterocycles. The summed E-state index contributed by atoms with van der Waals surface area (Å²) in [6, 6.07) is 7.77. The van der Waals surface area contributed by atoms with Crippen molar-refractivity contribution in [2.75, 3.05) is 38.8 Å². The monoisotopic (exact) mass is 375 g/mol. The number of likely N-dealkylation sites (tertiary alicyclic amines) is 1. The van der Waals surface area contributed by atoms with Crippen molar-refractivity contribution in [2.45, 2.75) is 44.8 Å². The zero-order valence-corrected chi connectivity index (χ0v) is 16.8. The minimum atomic E-state index is -0.609. The summed E-state index contributed by atoms with van der Waals surface area (Å²) in [5, 5.41) is 0. The predicted molar refractivity (Wildman–Crippen MR) is 103 cm³/mol. The maximum Gasteiger partial charge on any atom is 0.410 e. The number of carbonyl (C=O) groups excluding carboxylic acids is 2. The fourth-order valence-electron chi connectivity index (χ4n) is 3.84. The Hall–Kier alpha value is -2.44. The van der Waals surface area contributed by atoms with Crippen LogP contribution in [0.25, 0.3) is 0 Å². The Morgan fingerprint density at radius 1 is 1.11 bits per heavy atom. The van der Waals surface area contributed by atoms with E-state index in [9.17, 15) is 9.59 Å². The molecular weight excluding hydrogens is 346 g/mol. The van der Waals surface area contributed by atoms with Crippen LogP contribution in [0.2, 0.25) is 0 Å². The van der Waals surface area contributed by atoms with Crippen LogP contribution in [-0.2, 0) is 9.53 Å². The van der Waals surface area contributed by atoms with E-state index in [0.717, 1.165) is 11.4 Å². The average molecular weight is 375 g/mol. The van der Waals surface area contributed by atoms with Gasteiger partial charge in [0.25, 0.3) is 0 Å². The van der Waals surface area contributed by atoms with Crippen LogP contribution in [0.3, 0.4) is 0 Å². The number of anilines is 1. The van der Waals surface area contributed by atoms with E-state index in [2.05, 4.69) is 4.90 Å². The molecule has 2 aliphatic rings. The molecule has 0 unspecified atom stereocenters. The lowest BCUT2D eigenvalue weighted by atomic mass is 9.85. The van der Waals surface area contributed by atoms with Crippen molar-refractivity contribution in [1.82, 2.24) is 9.80 Å². The fourth-order valence-corrected chi connectivity index (χ4v) is 3.84. The Kier molecular flexibility index (Phi) is 4.97. The summed E-state index contributed by atoms with van der Waals surface area (Å²) in [7, 11) is 3.46. The number of benzene rings is 1. The molecule has 0 aromatic heterocycles. The molecule has 3 rings (SSSR count). The molecule has 1 aromatic carbocycles. The number of ether oxygens (including phenoxy) is 2. The van der Waals surface area contributed by atoms with Gasteiger partial charge in [0.05, 0.1) is 13.8 Å². The molecule has 2 heterocycles. The van der Waals surface area contributed by atoms with Gasteiger partial charge in [-0.05, 0) is 57.9 Å². The summed E-state index contributed by atoms with van der Waals surface area (Å²) >= 11 is 0. The first-order valence-electron chi connectivity index (χ1n) is 9.31. The van der Waals surface area contributed by atoms with Gasteiger partial charge in [-0.2, -0.15) is 0 Å². The lowest BCUT2D eigenvalue weighted by Gasteiger charge is -2.43. The van der Waals surface area contributed by atoms with Crippen molar-refractivity contribution in [3.63, 3.8) is 0 Å². The summed E-state index contributed by atoms with van der Waals surface area (Å²) < 4.78 is 10.7. The maximum atomic E-state index is 13.0. The summed E-state index contributed by atoms with van der Waals surface area (Å²) in [4.78, 5) is 31.0. The Bertz CT molecular complexity index is 703. The first-order chi connectivity index (χ1) is 12.7. The second-order valence-corrected chi connectivity index (χ2v) is 8.27. The second kappa shape index (κ2) is 6.94. The van der Waals surface area contributed by atoms with E-state index >= 15 is 0 Å². The third-order valence-corrected chi connectivity index (χ3v) is 5.24. The summed E-state index contributed by atoms with van der Waals surface area (Å²) in [6.07, 6.45) is 0.857. The summed E-state index contributed by atoms with van der Waals surface area (Å²) in [6.45, 7) is 7.12. The molecule has 2 fully saturated rings. The fraction of sp³-hybridized carbons (Fsp3) is 0.600. The Morgan fingerprint density at radius 2 is 1.70 bits per heavy atom. The van der Waals surface area contributed by atoms with Crippen LogP contribution >= 0.6 is 0 Å². The van der Waals surface area contributed by atoms with Crippen molar-refractivity contribution >= 4 is 17.7 Å². The standard InChI is InChI=1S/C20H29N3O4/c1-19(2,3)27-18(25)22-12-10-20(11-13-22)17(24)21(4)14-23(20)15-6-8-16(26-5)9-7-15/h6-9H,10-14H2,1-5H3. The summed E-state index contributed by atoms with van der Waals surface area (Å²) in [5.41, 5.74) is -0.147. The van der Waals surface area contributed by atoms with E-state index in [0.29, 0.717) is 32.6 Å². The molecule has 2 amide bonds. The molecule has 0 saturated carbocycles. The smallest absolute Gasteiger partial charge is 0.410 e. The van der Waals surface area contributed by atoms with Gasteiger partial charge in [0, 0.05) is 25.8 Å². The first kappa shape index (κ1) is 19.3. The minimum absolute atomic E-state index is 0.113. The highest BCUT2D eigenvalue weighted by Gasteiger charge is 2.53. The van der Waals surface area contributed by atoms with Crippen LogP contribution < -0.4 is 9.64 Å². The van der Waals surface area contributed by atoms with Crippen molar-refractivity contribution in [3.8, 4) is 5.75 Å². The highest BCUT2D eigenvalue weighted by Crippen LogP contribution is 2.39. The van der Waals surface area contributed by atoms with Crippen LogP contribution in [0.1, 0.15) is 33.6 Å². The van der Waals surface area contributed by atoms with E-state index in [-0.39, 0.29) is 12.0 Å². The molecule has 0 bridgehead atoms. The lowest BCUT2D eigenvalue weighted by molar-refractivity contribution is -0.132. The van der Waals surface area contributed by atoms with Gasteiger partial charge in [-0.1, -0.05) is 0 Å². The number of carbonyl (C=O) groups is 2. The van der Waals surface area contributed by atoms with Gasteiger partial charge in [0.15, 0.2) is 0 Å². The second-order valence-electron chi connectivity index (χ2n) is 8.27. The number of methoxy groups -OCH3 is 1. The highest BCUT2D eigenvalue weighted by atomic mass is 16.6. The zero-order chi connectivity index (χ0) is 19.8. The molecule has 7 nitrogen and oxygen atoms in total. The topological polar surface area (TPSA) is 62.3 Å². The predicted octanol–water partition coefficient (Wildman–Crippen LogP) is 2.70. The maximum absolute atomic E-state index is 13.0. The largest absolute Gasteiger partial charge is 0.497 e. The number of amides is 2. The van der Waals surface area contributed by atoms with Crippen molar-refractivity contribution < 1.29 is 19.1 Å². The van der Waals surface area contributed by atoms with Crippen molar-refractivity contribution in [3.05, 3.63) is 24.3 Å². The van der Waals surface area contributed by atoms with Crippen LogP contribution in [0.15, 0.2) is 24.3 Å². The molecule has 27 heavy (non-hydrogen) atoms. The van der Waals surface area contributed by atoms with Crippen molar-refractivity contribution in [2.24, 2.45) is 0 Å². The number of hydrogen-bond donors (Lipinski definition) is 0. The number of hydrogen-bond acceptors (Lipinski definition) is 5. The molecular formula is C20H29N3O4. The first-order valence-corrected chi connectivity index (χ1v) is 9.31. The molecule has 7 heteroatoms. The molecule has 0 radical (unpaired) electrons. The molecule has 0 atom stereocenters. The van der Waals surface area contributed by atoms with Crippen LogP contribution in [0.5, 0.6) is 5.75 Å². The number of piperidine rings is 1. The molecule has 148 valence electrons. The molecule has 0 N–H and O–H groups in total. The third kappa shape index (κ3) is 3.68. The Labute approximate surface area is 160 Å². The van der Waals surface area contributed by atoms with Gasteiger partial charge >= 0.3 is 6.09 Å². The molecule has 1 spiro atoms. The van der Waals surface area contributed by atoms with Gasteiger partial charge in [0.1, 0.15) is 16.9 Å². The van der Waals surface area contributed by atoms with Crippen LogP contribution in [-0.4, -0.2) is 66.9 Å². The third-order valence-electron chi connectivity index (χ3n) is 5.24. The van der Waals surface area contributed by atoms with E-state index in [1.807, 2.05) is 52.1 Å². The Balaban J connectivity index is 1.78. The zero-order valence-electron chi connectivity index (χ0n) is 16.8. The highest BCUT2D eigenvalue weighted by molar-refractivity contribution is 5.93. The number of likely N-dealkylation sites (N-methyl/N-ethyl adjacent to an activating group) is 1. The van der Waals surface area contributed by atoms with Crippen LogP contribution in [0, 0.1) is 0 Å². The van der Waals surface area contributed by atoms with Gasteiger partial charge in [-0.25, -0.2) is 4.79 Å². The van der Waals surface area contributed by atoms with Gasteiger partial charge < -0.3 is 24.2 Å². The van der Waals surface area contributed by atoms with Crippen LogP contribution in [0.4, 0.5) is 10.5 Å². The average Bonchev–Trinajstić information content (AvgIpc) is 2.86. The van der Waals surface area contributed by atoms with Gasteiger partial charge in [0.2, 0.25) is 5.91 Å². The van der Waals surface area contributed by atoms with Crippen molar-refractivity contribution in [1.29, 1.82) is 0 Å². The summed E-state index contributed by atoms with van der Waals surface area (Å²) in [5.74, 6) is 0.897. The normalized spacial score (nSPS) is 19.6. The van der Waals surface area contributed by atoms with E-state index < -0.39 is 11.1 Å². The van der Waals surface area contributed by atoms with E-state index in [1.165, 1.54) is 0 Å². The minimum Gasteiger partial charge on any atom is -0.497 e. The van der Waals surface area contributed by atoms with Gasteiger partial charge in [-0.3, -0.25) is 4.79 Å². The Morgan fingerprint density at radius 3 is 2.22 bits per heavy atom. The van der Waals surface area contributed by atoms with Gasteiger partial charge in [-0.15, -0.1) is 0 Å². The molecule has 1 aromatic rings.